The monoisotopic (exact) mass is 258 g/mol. The van der Waals surface area contributed by atoms with Crippen LogP contribution in [0.25, 0.3) is 0 Å². The molecule has 0 aliphatic carbocycles. The van der Waals surface area contributed by atoms with E-state index < -0.39 is 6.10 Å². The molecule has 0 fully saturated rings. The van der Waals surface area contributed by atoms with Crippen molar-refractivity contribution in [3.8, 4) is 0 Å². The Morgan fingerprint density at radius 3 is 1.44 bits per heavy atom. The van der Waals surface area contributed by atoms with Gasteiger partial charge in [-0.2, -0.15) is 0 Å². The molecule has 18 heavy (non-hydrogen) atoms. The predicted molar refractivity (Wildman–Crippen MR) is 78.8 cm³/mol. The molecule has 0 aliphatic rings. The third-order valence-corrected chi connectivity index (χ3v) is 3.60. The Morgan fingerprint density at radius 1 is 0.667 bits per heavy atom. The van der Waals surface area contributed by atoms with Crippen molar-refractivity contribution in [1.29, 1.82) is 0 Å². The quantitative estimate of drug-likeness (QED) is 0.452. The van der Waals surface area contributed by atoms with E-state index in [1.54, 1.807) is 0 Å². The molecule has 0 amide bonds. The molecule has 0 saturated heterocycles. The maximum absolute atomic E-state index is 9.17. The van der Waals surface area contributed by atoms with Crippen LogP contribution in [0, 0.1) is 0 Å². The van der Waals surface area contributed by atoms with Gasteiger partial charge >= 0.3 is 0 Å². The van der Waals surface area contributed by atoms with Crippen LogP contribution < -0.4 is 0 Å². The number of aliphatic hydroxyl groups excluding tert-OH is 2. The lowest BCUT2D eigenvalue weighted by Crippen LogP contribution is -2.10. The van der Waals surface area contributed by atoms with Crippen molar-refractivity contribution in [3.05, 3.63) is 0 Å². The molecular formula is C16H34O2. The van der Waals surface area contributed by atoms with Gasteiger partial charge in [0, 0.05) is 0 Å². The number of hydrogen-bond donors (Lipinski definition) is 2. The second kappa shape index (κ2) is 15.0. The first kappa shape index (κ1) is 17.9. The number of hydrogen-bond acceptors (Lipinski definition) is 2. The Bertz CT molecular complexity index is 148. The molecule has 0 bridgehead atoms. The van der Waals surface area contributed by atoms with Crippen LogP contribution in [0.4, 0.5) is 0 Å². The van der Waals surface area contributed by atoms with E-state index in [1.165, 1.54) is 70.6 Å². The molecule has 0 heterocycles. The zero-order valence-corrected chi connectivity index (χ0v) is 12.4. The Kier molecular flexibility index (Phi) is 14.9. The van der Waals surface area contributed by atoms with E-state index in [4.69, 9.17) is 10.2 Å². The number of unbranched alkanes of at least 4 members (excludes halogenated alkanes) is 11. The minimum atomic E-state index is -0.492. The van der Waals surface area contributed by atoms with Crippen LogP contribution in [0.2, 0.25) is 0 Å². The van der Waals surface area contributed by atoms with E-state index >= 15 is 0 Å². The third kappa shape index (κ3) is 14.0. The molecule has 0 saturated carbocycles. The lowest BCUT2D eigenvalue weighted by atomic mass is 10.0. The summed E-state index contributed by atoms with van der Waals surface area (Å²) in [5.74, 6) is 0. The van der Waals surface area contributed by atoms with Crippen molar-refractivity contribution >= 4 is 0 Å². The molecule has 0 radical (unpaired) electrons. The van der Waals surface area contributed by atoms with Crippen molar-refractivity contribution in [2.24, 2.45) is 0 Å². The molecule has 2 nitrogen and oxygen atoms in total. The van der Waals surface area contributed by atoms with E-state index in [-0.39, 0.29) is 6.61 Å². The lowest BCUT2D eigenvalue weighted by Gasteiger charge is -2.06. The Hall–Kier alpha value is -0.0800. The second-order valence-corrected chi connectivity index (χ2v) is 5.51. The standard InChI is InChI=1S/C16H34O2/c1-2-3-4-5-6-7-8-9-10-11-12-13-14-16(18)15-17/h16-18H,2-15H2,1H3/t16-/m1/s1. The molecule has 2 N–H and O–H groups in total. The fourth-order valence-corrected chi connectivity index (χ4v) is 2.31. The average Bonchev–Trinajstić information content (AvgIpc) is 2.39. The molecular weight excluding hydrogens is 224 g/mol. The third-order valence-electron chi connectivity index (χ3n) is 3.60. The maximum Gasteiger partial charge on any atom is 0.0770 e. The fraction of sp³-hybridized carbons (Fsp3) is 1.00. The van der Waals surface area contributed by atoms with E-state index in [2.05, 4.69) is 6.92 Å². The zero-order valence-electron chi connectivity index (χ0n) is 12.4. The van der Waals surface area contributed by atoms with Gasteiger partial charge in [0.2, 0.25) is 0 Å². The van der Waals surface area contributed by atoms with Gasteiger partial charge in [-0.05, 0) is 6.42 Å². The molecule has 0 aromatic heterocycles. The fourth-order valence-electron chi connectivity index (χ4n) is 2.31. The Labute approximate surface area is 114 Å². The van der Waals surface area contributed by atoms with Crippen molar-refractivity contribution in [2.45, 2.75) is 96.5 Å². The van der Waals surface area contributed by atoms with Crippen LogP contribution in [0.15, 0.2) is 0 Å². The van der Waals surface area contributed by atoms with Gasteiger partial charge in [0.25, 0.3) is 0 Å². The summed E-state index contributed by atoms with van der Waals surface area (Å²) in [5.41, 5.74) is 0. The predicted octanol–water partition coefficient (Wildman–Crippen LogP) is 4.43. The molecule has 0 rings (SSSR count). The van der Waals surface area contributed by atoms with Crippen molar-refractivity contribution in [1.82, 2.24) is 0 Å². The summed E-state index contributed by atoms with van der Waals surface area (Å²) in [6.07, 6.45) is 16.3. The topological polar surface area (TPSA) is 40.5 Å². The smallest absolute Gasteiger partial charge is 0.0770 e. The first-order chi connectivity index (χ1) is 8.81. The summed E-state index contributed by atoms with van der Waals surface area (Å²) < 4.78 is 0. The molecule has 0 aromatic rings. The summed E-state index contributed by atoms with van der Waals surface area (Å²) in [7, 11) is 0. The molecule has 0 spiro atoms. The minimum absolute atomic E-state index is 0.0853. The molecule has 110 valence electrons. The maximum atomic E-state index is 9.17. The van der Waals surface area contributed by atoms with Crippen molar-refractivity contribution < 1.29 is 10.2 Å². The summed E-state index contributed by atoms with van der Waals surface area (Å²) in [6.45, 7) is 2.18. The Morgan fingerprint density at radius 2 is 1.06 bits per heavy atom. The van der Waals surface area contributed by atoms with Crippen LogP contribution in [0.5, 0.6) is 0 Å². The van der Waals surface area contributed by atoms with Crippen LogP contribution in [-0.4, -0.2) is 22.9 Å². The highest BCUT2D eigenvalue weighted by Crippen LogP contribution is 2.12. The number of aliphatic hydroxyl groups is 2. The zero-order chi connectivity index (χ0) is 13.5. The first-order valence-corrected chi connectivity index (χ1v) is 8.10. The van der Waals surface area contributed by atoms with E-state index in [0.717, 1.165) is 12.8 Å². The first-order valence-electron chi connectivity index (χ1n) is 8.10. The van der Waals surface area contributed by atoms with E-state index in [0.29, 0.717) is 0 Å². The van der Waals surface area contributed by atoms with Gasteiger partial charge in [0.05, 0.1) is 12.7 Å². The largest absolute Gasteiger partial charge is 0.394 e. The molecule has 0 aromatic carbocycles. The molecule has 0 aliphatic heterocycles. The van der Waals surface area contributed by atoms with E-state index in [1.807, 2.05) is 0 Å². The second-order valence-electron chi connectivity index (χ2n) is 5.51. The lowest BCUT2D eigenvalue weighted by molar-refractivity contribution is 0.0860. The van der Waals surface area contributed by atoms with Gasteiger partial charge < -0.3 is 10.2 Å². The van der Waals surface area contributed by atoms with Gasteiger partial charge in [0.1, 0.15) is 0 Å². The average molecular weight is 258 g/mol. The van der Waals surface area contributed by atoms with Gasteiger partial charge in [-0.25, -0.2) is 0 Å². The highest BCUT2D eigenvalue weighted by atomic mass is 16.3. The molecule has 0 unspecified atom stereocenters. The molecule has 1 atom stereocenters. The number of rotatable bonds is 14. The highest BCUT2D eigenvalue weighted by Gasteiger charge is 2.00. The summed E-state index contributed by atoms with van der Waals surface area (Å²) in [4.78, 5) is 0. The van der Waals surface area contributed by atoms with Crippen LogP contribution in [0.3, 0.4) is 0 Å². The van der Waals surface area contributed by atoms with Crippen LogP contribution in [0.1, 0.15) is 90.4 Å². The van der Waals surface area contributed by atoms with Gasteiger partial charge in [0.15, 0.2) is 0 Å². The van der Waals surface area contributed by atoms with Crippen LogP contribution in [-0.2, 0) is 0 Å². The van der Waals surface area contributed by atoms with Crippen molar-refractivity contribution in [2.75, 3.05) is 6.61 Å². The molecule has 2 heteroatoms. The van der Waals surface area contributed by atoms with Gasteiger partial charge in [-0.15, -0.1) is 0 Å². The minimum Gasteiger partial charge on any atom is -0.394 e. The van der Waals surface area contributed by atoms with E-state index in [9.17, 15) is 0 Å². The van der Waals surface area contributed by atoms with Crippen molar-refractivity contribution in [3.63, 3.8) is 0 Å². The Balaban J connectivity index is 2.94. The summed E-state index contributed by atoms with van der Waals surface area (Å²) >= 11 is 0. The van der Waals surface area contributed by atoms with Gasteiger partial charge in [-0.3, -0.25) is 0 Å². The van der Waals surface area contributed by atoms with Gasteiger partial charge in [-0.1, -0.05) is 84.0 Å². The highest BCUT2D eigenvalue weighted by molar-refractivity contribution is 4.53. The normalized spacial score (nSPS) is 12.8. The summed E-state index contributed by atoms with van der Waals surface area (Å²) in [6, 6.07) is 0. The summed E-state index contributed by atoms with van der Waals surface area (Å²) in [5, 5.41) is 17.8. The van der Waals surface area contributed by atoms with Crippen LogP contribution >= 0.6 is 0 Å². The SMILES string of the molecule is CCCCCCCCCCCCCC[C@@H](O)CO.